The predicted molar refractivity (Wildman–Crippen MR) is 113 cm³/mol. The van der Waals surface area contributed by atoms with Crippen LogP contribution in [0.15, 0.2) is 55.1 Å². The molecule has 0 aromatic carbocycles. The zero-order valence-corrected chi connectivity index (χ0v) is 18.4. The Balaban J connectivity index is 1.41. The molecule has 13 heteroatoms. The van der Waals surface area contributed by atoms with Gasteiger partial charge in [0.1, 0.15) is 22.9 Å². The Morgan fingerprint density at radius 1 is 1.47 bits per heavy atom. The van der Waals surface area contributed by atoms with Crippen molar-refractivity contribution in [1.29, 1.82) is 0 Å². The Bertz CT molecular complexity index is 1020. The van der Waals surface area contributed by atoms with E-state index >= 15 is 0 Å². The molecular weight excluding hydrogens is 470 g/mol. The van der Waals surface area contributed by atoms with Crippen LogP contribution in [0.2, 0.25) is 0 Å². The van der Waals surface area contributed by atoms with Crippen molar-refractivity contribution in [3.63, 3.8) is 0 Å². The van der Waals surface area contributed by atoms with Crippen LogP contribution in [-0.2, 0) is 25.2 Å². The van der Waals surface area contributed by atoms with Gasteiger partial charge in [-0.3, -0.25) is 18.7 Å². The summed E-state index contributed by atoms with van der Waals surface area (Å²) in [4.78, 5) is 41.8. The third-order valence-corrected chi connectivity index (χ3v) is 9.28. The van der Waals surface area contributed by atoms with E-state index in [1.165, 1.54) is 52.4 Å². The van der Waals surface area contributed by atoms with Gasteiger partial charge in [0.15, 0.2) is 11.5 Å². The minimum Gasteiger partial charge on any atom is -0.477 e. The molecule has 0 radical (unpaired) electrons. The molecule has 0 saturated carbocycles. The molecule has 2 aliphatic heterocycles. The van der Waals surface area contributed by atoms with Crippen molar-refractivity contribution in [2.45, 2.75) is 20.7 Å². The highest BCUT2D eigenvalue weighted by atomic mass is 32.2. The molecule has 3 atom stereocenters. The van der Waals surface area contributed by atoms with Crippen LogP contribution in [0.4, 0.5) is 0 Å². The van der Waals surface area contributed by atoms with Crippen LogP contribution in [-0.4, -0.2) is 65.7 Å². The Morgan fingerprint density at radius 3 is 2.97 bits per heavy atom. The fourth-order valence-corrected chi connectivity index (χ4v) is 7.22. The van der Waals surface area contributed by atoms with E-state index in [9.17, 15) is 23.7 Å². The lowest BCUT2D eigenvalue weighted by molar-refractivity contribution is -0.150. The number of rotatable bonds is 8. The van der Waals surface area contributed by atoms with E-state index < -0.39 is 40.0 Å². The highest BCUT2D eigenvalue weighted by Crippen LogP contribution is 2.41. The Kier molecular flexibility index (Phi) is 6.32. The van der Waals surface area contributed by atoms with Crippen LogP contribution in [0.1, 0.15) is 0 Å². The number of β-lactam (4-membered cyclic amide) rings is 1. The first-order chi connectivity index (χ1) is 14.5. The Morgan fingerprint density at radius 2 is 2.30 bits per heavy atom. The number of amides is 2. The van der Waals surface area contributed by atoms with Crippen molar-refractivity contribution in [2.75, 3.05) is 17.3 Å². The second kappa shape index (κ2) is 8.96. The molecule has 1 fully saturated rings. The lowest BCUT2D eigenvalue weighted by Gasteiger charge is -2.49. The van der Waals surface area contributed by atoms with Gasteiger partial charge in [-0.05, 0) is 17.0 Å². The summed E-state index contributed by atoms with van der Waals surface area (Å²) in [6.07, 6.45) is 2.82. The molecular formula is C17H15N3O6S4. The lowest BCUT2D eigenvalue weighted by Crippen LogP contribution is -2.70. The molecule has 2 amide bonds. The number of carbonyl (C=O) groups excluding carboxylic acids is 2. The van der Waals surface area contributed by atoms with Crippen LogP contribution < -0.4 is 5.32 Å². The Labute approximate surface area is 185 Å². The van der Waals surface area contributed by atoms with E-state index in [-0.39, 0.29) is 11.4 Å². The number of oxazole rings is 1. The third kappa shape index (κ3) is 4.19. The molecule has 2 N–H and O–H groups in total. The minimum atomic E-state index is -1.48. The van der Waals surface area contributed by atoms with E-state index in [2.05, 4.69) is 10.3 Å². The van der Waals surface area contributed by atoms with Gasteiger partial charge in [-0.1, -0.05) is 17.8 Å². The fraction of sp³-hybridized carbons (Fsp3) is 0.294. The van der Waals surface area contributed by atoms with E-state index in [4.69, 9.17) is 4.42 Å². The number of carbonyl (C=O) groups is 3. The normalized spacial score (nSPS) is 21.7. The number of fused-ring (bicyclic) bond motifs is 1. The predicted octanol–water partition coefficient (Wildman–Crippen LogP) is 1.37. The van der Waals surface area contributed by atoms with E-state index in [0.29, 0.717) is 26.4 Å². The number of nitrogens with one attached hydrogen (secondary N) is 1. The molecule has 2 aromatic rings. The molecule has 2 aliphatic rings. The number of nitrogens with zero attached hydrogens (tertiary/aromatic N) is 2. The zero-order chi connectivity index (χ0) is 21.3. The number of carboxylic acid groups (broad SMARTS) is 1. The fourth-order valence-electron chi connectivity index (χ4n) is 3.03. The van der Waals surface area contributed by atoms with Gasteiger partial charge in [-0.25, -0.2) is 9.78 Å². The van der Waals surface area contributed by atoms with Gasteiger partial charge >= 0.3 is 5.97 Å². The lowest BCUT2D eigenvalue weighted by atomic mass is 10.0. The number of thiophene rings is 1. The van der Waals surface area contributed by atoms with Gasteiger partial charge in [0, 0.05) is 11.5 Å². The van der Waals surface area contributed by atoms with Crippen molar-refractivity contribution < 1.29 is 28.1 Å². The Hall–Kier alpha value is -2.09. The van der Waals surface area contributed by atoms with Crippen molar-refractivity contribution in [3.8, 4) is 0 Å². The molecule has 1 saturated heterocycles. The summed E-state index contributed by atoms with van der Waals surface area (Å²) in [5.41, 5.74) is 0.547. The maximum Gasteiger partial charge on any atom is 0.352 e. The van der Waals surface area contributed by atoms with Crippen molar-refractivity contribution >= 4 is 63.4 Å². The first kappa shape index (κ1) is 21.2. The average molecular weight is 486 g/mol. The third-order valence-electron chi connectivity index (χ3n) is 4.35. The van der Waals surface area contributed by atoms with Gasteiger partial charge in [0.05, 0.1) is 21.2 Å². The maximum absolute atomic E-state index is 12.6. The van der Waals surface area contributed by atoms with Crippen molar-refractivity contribution in [1.82, 2.24) is 15.2 Å². The molecule has 4 heterocycles. The molecule has 9 nitrogen and oxygen atoms in total. The van der Waals surface area contributed by atoms with Gasteiger partial charge in [0.2, 0.25) is 5.91 Å². The highest BCUT2D eigenvalue weighted by molar-refractivity contribution is 8.01. The van der Waals surface area contributed by atoms with Crippen LogP contribution in [0.25, 0.3) is 0 Å². The second-order valence-corrected chi connectivity index (χ2v) is 11.0. The summed E-state index contributed by atoms with van der Waals surface area (Å²) in [6.45, 7) is 0. The summed E-state index contributed by atoms with van der Waals surface area (Å²) < 4.78 is 17.9. The summed E-state index contributed by atoms with van der Waals surface area (Å²) in [7, 11) is -1.48. The second-order valence-electron chi connectivity index (χ2n) is 6.24. The quantitative estimate of drug-likeness (QED) is 0.421. The number of aromatic nitrogens is 1. The molecule has 0 bridgehead atoms. The molecule has 0 spiro atoms. The SMILES string of the molecule is O=C(CS(=O)c1cccs1)NC1C(=O)N2C(C(=O)O)=C(CSc3cnco3)CS[C@H]12. The van der Waals surface area contributed by atoms with E-state index in [0.717, 1.165) is 0 Å². The first-order valence-corrected chi connectivity index (χ1v) is 12.8. The number of thioether (sulfide) groups is 2. The zero-order valence-electron chi connectivity index (χ0n) is 15.2. The molecule has 2 unspecified atom stereocenters. The maximum atomic E-state index is 12.6. The van der Waals surface area contributed by atoms with E-state index in [1.807, 2.05) is 0 Å². The van der Waals surface area contributed by atoms with Gasteiger partial charge in [-0.2, -0.15) is 0 Å². The molecule has 2 aromatic heterocycles. The molecule has 4 rings (SSSR count). The van der Waals surface area contributed by atoms with Crippen LogP contribution >= 0.6 is 34.9 Å². The van der Waals surface area contributed by atoms with Crippen LogP contribution in [0.5, 0.6) is 0 Å². The number of hydrogen-bond donors (Lipinski definition) is 2. The largest absolute Gasteiger partial charge is 0.477 e. The summed E-state index contributed by atoms with van der Waals surface area (Å²) in [5.74, 6) is -1.68. The topological polar surface area (TPSA) is 130 Å². The van der Waals surface area contributed by atoms with Gasteiger partial charge in [0.25, 0.3) is 5.91 Å². The molecule has 30 heavy (non-hydrogen) atoms. The standard InChI is InChI=1S/C17H15N3O6S4/c21-10(7-30(25)12-2-1-3-27-12)19-13-15(22)20-14(17(23)24)9(6-29-16(13)20)5-28-11-4-18-8-26-11/h1-4,8,13,16H,5-7H2,(H,19,21)(H,23,24)/t13?,16-,30?/m1/s1. The average Bonchev–Trinajstić information content (AvgIpc) is 3.43. The number of aliphatic carboxylic acids is 1. The van der Waals surface area contributed by atoms with Crippen molar-refractivity contribution in [3.05, 3.63) is 41.4 Å². The number of hydrogen-bond acceptors (Lipinski definition) is 9. The van der Waals surface area contributed by atoms with E-state index in [1.54, 1.807) is 17.5 Å². The monoisotopic (exact) mass is 485 g/mol. The first-order valence-electron chi connectivity index (χ1n) is 8.58. The van der Waals surface area contributed by atoms with Gasteiger partial charge < -0.3 is 14.8 Å². The summed E-state index contributed by atoms with van der Waals surface area (Å²) in [5, 5.41) is 14.1. The highest BCUT2D eigenvalue weighted by Gasteiger charge is 2.54. The smallest absolute Gasteiger partial charge is 0.352 e. The minimum absolute atomic E-state index is 0.0524. The van der Waals surface area contributed by atoms with Crippen LogP contribution in [0, 0.1) is 0 Å². The van der Waals surface area contributed by atoms with Crippen LogP contribution in [0.3, 0.4) is 0 Å². The molecule has 0 aliphatic carbocycles. The number of carboxylic acids is 1. The summed E-state index contributed by atoms with van der Waals surface area (Å²) >= 11 is 3.98. The van der Waals surface area contributed by atoms with Crippen molar-refractivity contribution in [2.24, 2.45) is 0 Å². The summed E-state index contributed by atoms with van der Waals surface area (Å²) in [6, 6.07) is 2.60. The molecule has 158 valence electrons. The van der Waals surface area contributed by atoms with Gasteiger partial charge in [-0.15, -0.1) is 23.1 Å².